The first-order chi connectivity index (χ1) is 8.90. The van der Waals surface area contributed by atoms with E-state index in [2.05, 4.69) is 10.4 Å². The molecular formula is C13H16F2N4. The molecule has 0 amide bonds. The van der Waals surface area contributed by atoms with E-state index in [4.69, 9.17) is 5.73 Å². The van der Waals surface area contributed by atoms with Crippen molar-refractivity contribution in [3.8, 4) is 0 Å². The average molecular weight is 266 g/mol. The summed E-state index contributed by atoms with van der Waals surface area (Å²) in [6.45, 7) is 5.62. The normalized spacial score (nSPS) is 11.1. The number of nitrogens with zero attached hydrogens (tertiary/aromatic N) is 2. The number of aryl methyl sites for hydroxylation is 1. The number of halogens is 2. The molecule has 0 aliphatic carbocycles. The molecule has 1 aromatic carbocycles. The van der Waals surface area contributed by atoms with Gasteiger partial charge in [0.2, 0.25) is 0 Å². The third kappa shape index (κ3) is 2.52. The molecule has 0 bridgehead atoms. The summed E-state index contributed by atoms with van der Waals surface area (Å²) in [5.74, 6) is -0.596. The van der Waals surface area contributed by atoms with Crippen LogP contribution in [0.5, 0.6) is 0 Å². The lowest BCUT2D eigenvalue weighted by atomic mass is 10.3. The Bertz CT molecular complexity index is 605. The Balaban J connectivity index is 2.45. The van der Waals surface area contributed by atoms with Crippen LogP contribution in [0.4, 0.5) is 26.0 Å². The Morgan fingerprint density at radius 2 is 2.00 bits per heavy atom. The summed E-state index contributed by atoms with van der Waals surface area (Å²) in [5.41, 5.74) is 7.03. The van der Waals surface area contributed by atoms with Gasteiger partial charge in [-0.1, -0.05) is 0 Å². The summed E-state index contributed by atoms with van der Waals surface area (Å²) in [7, 11) is 0. The third-order valence-corrected chi connectivity index (χ3v) is 2.80. The van der Waals surface area contributed by atoms with Gasteiger partial charge in [0.05, 0.1) is 17.1 Å². The van der Waals surface area contributed by atoms with Crippen molar-refractivity contribution in [3.05, 3.63) is 35.5 Å². The number of aromatic nitrogens is 2. The zero-order chi connectivity index (χ0) is 14.2. The van der Waals surface area contributed by atoms with Crippen LogP contribution in [0.15, 0.2) is 18.2 Å². The number of hydrogen-bond donors (Lipinski definition) is 2. The van der Waals surface area contributed by atoms with Gasteiger partial charge in [0, 0.05) is 12.1 Å². The molecule has 0 fully saturated rings. The van der Waals surface area contributed by atoms with Gasteiger partial charge in [-0.2, -0.15) is 5.10 Å². The SMILES string of the molecule is Cc1nn(C(C)C)c(Nc2cc(F)ccc2F)c1N. The Labute approximate surface area is 110 Å². The number of nitrogen functional groups attached to an aromatic ring is 1. The van der Waals surface area contributed by atoms with E-state index in [1.807, 2.05) is 13.8 Å². The molecule has 2 aromatic rings. The van der Waals surface area contributed by atoms with Crippen molar-refractivity contribution in [1.82, 2.24) is 9.78 Å². The monoisotopic (exact) mass is 266 g/mol. The minimum absolute atomic E-state index is 0.0356. The van der Waals surface area contributed by atoms with Crippen LogP contribution in [0.2, 0.25) is 0 Å². The number of nitrogens with two attached hydrogens (primary N) is 1. The molecule has 4 nitrogen and oxygen atoms in total. The van der Waals surface area contributed by atoms with Crippen LogP contribution < -0.4 is 11.1 Å². The van der Waals surface area contributed by atoms with Gasteiger partial charge >= 0.3 is 0 Å². The molecule has 19 heavy (non-hydrogen) atoms. The molecule has 0 atom stereocenters. The van der Waals surface area contributed by atoms with Crippen molar-refractivity contribution in [3.63, 3.8) is 0 Å². The van der Waals surface area contributed by atoms with Crippen LogP contribution in [0.1, 0.15) is 25.6 Å². The second-order valence-corrected chi connectivity index (χ2v) is 4.64. The minimum Gasteiger partial charge on any atom is -0.394 e. The minimum atomic E-state index is -0.546. The van der Waals surface area contributed by atoms with Gasteiger partial charge in [-0.3, -0.25) is 0 Å². The van der Waals surface area contributed by atoms with E-state index in [-0.39, 0.29) is 11.7 Å². The van der Waals surface area contributed by atoms with Crippen molar-refractivity contribution in [2.45, 2.75) is 26.8 Å². The first-order valence-corrected chi connectivity index (χ1v) is 5.96. The molecule has 0 saturated carbocycles. The van der Waals surface area contributed by atoms with E-state index < -0.39 is 11.6 Å². The first kappa shape index (κ1) is 13.3. The maximum absolute atomic E-state index is 13.6. The molecule has 3 N–H and O–H groups in total. The molecule has 0 radical (unpaired) electrons. The second kappa shape index (κ2) is 4.87. The van der Waals surface area contributed by atoms with Crippen LogP contribution in [-0.2, 0) is 0 Å². The molecule has 102 valence electrons. The topological polar surface area (TPSA) is 55.9 Å². The summed E-state index contributed by atoms with van der Waals surface area (Å²) >= 11 is 0. The van der Waals surface area contributed by atoms with E-state index in [1.54, 1.807) is 11.6 Å². The largest absolute Gasteiger partial charge is 0.394 e. The predicted octanol–water partition coefficient (Wildman–Crippen LogP) is 3.38. The lowest BCUT2D eigenvalue weighted by molar-refractivity contribution is 0.535. The molecule has 2 rings (SSSR count). The van der Waals surface area contributed by atoms with Crippen molar-refractivity contribution in [2.24, 2.45) is 0 Å². The van der Waals surface area contributed by atoms with E-state index >= 15 is 0 Å². The van der Waals surface area contributed by atoms with Gasteiger partial charge in [-0.15, -0.1) is 0 Å². The molecule has 0 aliphatic rings. The first-order valence-electron chi connectivity index (χ1n) is 5.96. The maximum Gasteiger partial charge on any atom is 0.152 e. The summed E-state index contributed by atoms with van der Waals surface area (Å²) < 4.78 is 28.4. The van der Waals surface area contributed by atoms with Gasteiger partial charge in [0.1, 0.15) is 11.6 Å². The predicted molar refractivity (Wildman–Crippen MR) is 71.4 cm³/mol. The Morgan fingerprint density at radius 1 is 1.32 bits per heavy atom. The van der Waals surface area contributed by atoms with Gasteiger partial charge in [-0.05, 0) is 32.9 Å². The lowest BCUT2D eigenvalue weighted by Gasteiger charge is -2.14. The van der Waals surface area contributed by atoms with E-state index in [0.29, 0.717) is 17.2 Å². The Kier molecular flexibility index (Phi) is 3.42. The van der Waals surface area contributed by atoms with Crippen LogP contribution in [0.3, 0.4) is 0 Å². The molecule has 6 heteroatoms. The number of anilines is 3. The van der Waals surface area contributed by atoms with Crippen LogP contribution >= 0.6 is 0 Å². The van der Waals surface area contributed by atoms with Gasteiger partial charge in [0.25, 0.3) is 0 Å². The highest BCUT2D eigenvalue weighted by Gasteiger charge is 2.16. The zero-order valence-corrected chi connectivity index (χ0v) is 11.0. The van der Waals surface area contributed by atoms with Crippen molar-refractivity contribution in [1.29, 1.82) is 0 Å². The Hall–Kier alpha value is -2.11. The molecule has 0 saturated heterocycles. The van der Waals surface area contributed by atoms with Crippen LogP contribution in [0.25, 0.3) is 0 Å². The summed E-state index contributed by atoms with van der Waals surface area (Å²) in [6, 6.07) is 3.27. The van der Waals surface area contributed by atoms with Gasteiger partial charge in [-0.25, -0.2) is 13.5 Å². The van der Waals surface area contributed by atoms with Crippen molar-refractivity contribution < 1.29 is 8.78 Å². The number of rotatable bonds is 3. The fourth-order valence-electron chi connectivity index (χ4n) is 1.78. The van der Waals surface area contributed by atoms with Gasteiger partial charge in [0.15, 0.2) is 5.82 Å². The number of benzene rings is 1. The highest BCUT2D eigenvalue weighted by Crippen LogP contribution is 2.29. The number of hydrogen-bond acceptors (Lipinski definition) is 3. The third-order valence-electron chi connectivity index (χ3n) is 2.80. The fourth-order valence-corrected chi connectivity index (χ4v) is 1.78. The van der Waals surface area contributed by atoms with E-state index in [1.165, 1.54) is 0 Å². The molecule has 0 unspecified atom stereocenters. The van der Waals surface area contributed by atoms with E-state index in [9.17, 15) is 8.78 Å². The maximum atomic E-state index is 13.6. The zero-order valence-electron chi connectivity index (χ0n) is 11.0. The van der Waals surface area contributed by atoms with Crippen molar-refractivity contribution >= 4 is 17.2 Å². The average Bonchev–Trinajstić information content (AvgIpc) is 2.62. The standard InChI is InChI=1S/C13H16F2N4/c1-7(2)19-13(12(16)8(3)18-19)17-11-6-9(14)4-5-10(11)15/h4-7,17H,16H2,1-3H3. The number of nitrogens with one attached hydrogen (secondary N) is 1. The Morgan fingerprint density at radius 3 is 2.63 bits per heavy atom. The van der Waals surface area contributed by atoms with Crippen LogP contribution in [0, 0.1) is 18.6 Å². The second-order valence-electron chi connectivity index (χ2n) is 4.64. The molecule has 0 spiro atoms. The highest BCUT2D eigenvalue weighted by molar-refractivity contribution is 5.71. The molecule has 1 aromatic heterocycles. The highest BCUT2D eigenvalue weighted by atomic mass is 19.1. The van der Waals surface area contributed by atoms with E-state index in [0.717, 1.165) is 18.2 Å². The van der Waals surface area contributed by atoms with Gasteiger partial charge < -0.3 is 11.1 Å². The summed E-state index contributed by atoms with van der Waals surface area (Å²) in [6.07, 6.45) is 0. The quantitative estimate of drug-likeness (QED) is 0.895. The smallest absolute Gasteiger partial charge is 0.152 e. The molecular weight excluding hydrogens is 250 g/mol. The van der Waals surface area contributed by atoms with Crippen molar-refractivity contribution in [2.75, 3.05) is 11.1 Å². The lowest BCUT2D eigenvalue weighted by Crippen LogP contribution is -2.09. The molecule has 0 aliphatic heterocycles. The molecule has 1 heterocycles. The van der Waals surface area contributed by atoms with Crippen LogP contribution in [-0.4, -0.2) is 9.78 Å². The summed E-state index contributed by atoms with van der Waals surface area (Å²) in [5, 5.41) is 7.08. The fraction of sp³-hybridized carbons (Fsp3) is 0.308. The summed E-state index contributed by atoms with van der Waals surface area (Å²) in [4.78, 5) is 0.